The first-order valence-corrected chi connectivity index (χ1v) is 20.4. The first kappa shape index (κ1) is 21.1. The van der Waals surface area contributed by atoms with Crippen molar-refractivity contribution in [3.8, 4) is 56.7 Å². The minimum Gasteiger partial charge on any atom is -0.278 e. The van der Waals surface area contributed by atoms with Gasteiger partial charge in [0.2, 0.25) is 11.9 Å². The average molecular weight is 842 g/mol. The van der Waals surface area contributed by atoms with Crippen molar-refractivity contribution >= 4 is 75.1 Å². The lowest BCUT2D eigenvalue weighted by Gasteiger charge is -2.13. The van der Waals surface area contributed by atoms with E-state index in [1.54, 1.807) is 35.6 Å². The second-order valence-electron chi connectivity index (χ2n) is 14.5. The summed E-state index contributed by atoms with van der Waals surface area (Å²) in [5.41, 5.74) is 0.797. The summed E-state index contributed by atoms with van der Waals surface area (Å²) in [5, 5.41) is 0.905. The standard InChI is InChI=1S/C57H35N5S/c1-2-13-36(14-3-1)41-29-31-46-45-19-6-10-23-51(45)62(52(46)34-41)57-59-55(58-56(60-57)61-49-21-8-4-17-43(49)44-18-5-9-22-50(44)61)38-27-25-37(26-28-38)39-15-12-16-40(33-39)42-30-32-48-47-20-7-11-24-53(47)63-54(48)35-42/h1-35H/i1D,2D,3D,4D,5D,6D,8D,9D,10D,13D,14D,17D,18D,19D,21D,22D,23D,29D,31D,34D. The maximum absolute atomic E-state index is 9.90. The molecule has 0 N–H and O–H groups in total. The molecule has 9 aromatic carbocycles. The van der Waals surface area contributed by atoms with E-state index in [4.69, 9.17) is 32.8 Å². The molecule has 0 aliphatic rings. The summed E-state index contributed by atoms with van der Waals surface area (Å²) >= 11 is 1.71. The van der Waals surface area contributed by atoms with Gasteiger partial charge in [0.1, 0.15) is 0 Å². The summed E-state index contributed by atoms with van der Waals surface area (Å²) in [7, 11) is 0. The van der Waals surface area contributed by atoms with Crippen LogP contribution in [0.3, 0.4) is 0 Å². The molecule has 0 spiro atoms. The Hall–Kier alpha value is -8.19. The summed E-state index contributed by atoms with van der Waals surface area (Å²) in [5.74, 6) is -1.37. The number of fused-ring (bicyclic) bond motifs is 9. The Morgan fingerprint density at radius 3 is 1.59 bits per heavy atom. The van der Waals surface area contributed by atoms with Crippen molar-refractivity contribution in [1.82, 2.24) is 24.1 Å². The van der Waals surface area contributed by atoms with E-state index in [2.05, 4.69) is 30.3 Å². The summed E-state index contributed by atoms with van der Waals surface area (Å²) < 4.78 is 184. The third kappa shape index (κ3) is 5.80. The molecule has 63 heavy (non-hydrogen) atoms. The van der Waals surface area contributed by atoms with Gasteiger partial charge in [0, 0.05) is 47.3 Å². The molecule has 13 aromatic rings. The first-order chi connectivity index (χ1) is 39.5. The minimum absolute atomic E-state index is 0.227. The van der Waals surface area contributed by atoms with E-state index in [0.29, 0.717) is 0 Å². The Balaban J connectivity index is 1.12. The number of hydrogen-bond donors (Lipinski definition) is 0. The number of para-hydroxylation sites is 3. The van der Waals surface area contributed by atoms with E-state index in [0.717, 1.165) is 41.5 Å². The Bertz CT molecular complexity index is 5010. The quantitative estimate of drug-likeness (QED) is 0.168. The second kappa shape index (κ2) is 14.2. The molecule has 0 aliphatic carbocycles. The maximum atomic E-state index is 9.90. The summed E-state index contributed by atoms with van der Waals surface area (Å²) in [6.45, 7) is 0. The van der Waals surface area contributed by atoms with Crippen LogP contribution in [0.1, 0.15) is 27.4 Å². The number of thiophene rings is 1. The van der Waals surface area contributed by atoms with E-state index in [1.165, 1.54) is 10.1 Å². The monoisotopic (exact) mass is 841 g/mol. The van der Waals surface area contributed by atoms with Crippen molar-refractivity contribution in [2.24, 2.45) is 0 Å². The molecular formula is C57H35N5S. The van der Waals surface area contributed by atoms with Crippen LogP contribution in [0.5, 0.6) is 0 Å². The third-order valence-electron chi connectivity index (χ3n) is 11.0. The van der Waals surface area contributed by atoms with Crippen LogP contribution in [0.15, 0.2) is 212 Å². The molecule has 0 saturated heterocycles. The van der Waals surface area contributed by atoms with Crippen LogP contribution < -0.4 is 0 Å². The van der Waals surface area contributed by atoms with Crippen molar-refractivity contribution < 1.29 is 27.4 Å². The smallest absolute Gasteiger partial charge is 0.240 e. The molecule has 0 atom stereocenters. The molecule has 0 aliphatic heterocycles. The molecule has 0 bridgehead atoms. The highest BCUT2D eigenvalue weighted by Gasteiger charge is 2.21. The fraction of sp³-hybridized carbons (Fsp3) is 0. The largest absolute Gasteiger partial charge is 0.278 e. The molecule has 0 unspecified atom stereocenters. The van der Waals surface area contributed by atoms with Crippen molar-refractivity contribution in [3.63, 3.8) is 0 Å². The molecule has 6 heteroatoms. The molecule has 0 saturated carbocycles. The van der Waals surface area contributed by atoms with Crippen LogP contribution in [-0.2, 0) is 0 Å². The Morgan fingerprint density at radius 2 is 0.889 bits per heavy atom. The number of hydrogen-bond acceptors (Lipinski definition) is 4. The van der Waals surface area contributed by atoms with Gasteiger partial charge in [-0.05, 0) is 75.7 Å². The Morgan fingerprint density at radius 1 is 0.349 bits per heavy atom. The Labute approximate surface area is 394 Å². The van der Waals surface area contributed by atoms with Gasteiger partial charge in [-0.3, -0.25) is 9.13 Å². The molecule has 5 nitrogen and oxygen atoms in total. The maximum Gasteiger partial charge on any atom is 0.240 e. The van der Waals surface area contributed by atoms with Crippen molar-refractivity contribution in [3.05, 3.63) is 212 Å². The van der Waals surface area contributed by atoms with Gasteiger partial charge in [-0.1, -0.05) is 169 Å². The van der Waals surface area contributed by atoms with Gasteiger partial charge in [0.05, 0.1) is 49.5 Å². The third-order valence-corrected chi connectivity index (χ3v) is 12.1. The zero-order valence-corrected chi connectivity index (χ0v) is 33.1. The van der Waals surface area contributed by atoms with E-state index < -0.39 is 160 Å². The number of aromatic nitrogens is 5. The van der Waals surface area contributed by atoms with Gasteiger partial charge in [-0.2, -0.15) is 15.0 Å². The van der Waals surface area contributed by atoms with Gasteiger partial charge in [0.15, 0.2) is 5.82 Å². The zero-order valence-electron chi connectivity index (χ0n) is 52.3. The van der Waals surface area contributed by atoms with Crippen LogP contribution in [0.2, 0.25) is 0 Å². The number of nitrogens with zero attached hydrogens (tertiary/aromatic N) is 5. The fourth-order valence-corrected chi connectivity index (χ4v) is 9.26. The second-order valence-corrected chi connectivity index (χ2v) is 15.6. The predicted molar refractivity (Wildman–Crippen MR) is 263 cm³/mol. The molecular weight excluding hydrogens is 787 g/mol. The van der Waals surface area contributed by atoms with Gasteiger partial charge < -0.3 is 0 Å². The van der Waals surface area contributed by atoms with Gasteiger partial charge in [-0.25, -0.2) is 0 Å². The van der Waals surface area contributed by atoms with E-state index in [-0.39, 0.29) is 38.6 Å². The molecule has 4 heterocycles. The van der Waals surface area contributed by atoms with Crippen molar-refractivity contribution in [2.75, 3.05) is 0 Å². The number of benzene rings is 9. The first-order valence-electron chi connectivity index (χ1n) is 29.5. The Kier molecular flexibility index (Phi) is 4.75. The lowest BCUT2D eigenvalue weighted by molar-refractivity contribution is 0.893. The lowest BCUT2D eigenvalue weighted by Crippen LogP contribution is -2.10. The van der Waals surface area contributed by atoms with Crippen LogP contribution in [0.4, 0.5) is 0 Å². The molecule has 294 valence electrons. The molecule has 0 amide bonds. The highest BCUT2D eigenvalue weighted by Crippen LogP contribution is 2.39. The summed E-state index contributed by atoms with van der Waals surface area (Å²) in [4.78, 5) is 14.5. The van der Waals surface area contributed by atoms with E-state index >= 15 is 0 Å². The van der Waals surface area contributed by atoms with Crippen molar-refractivity contribution in [1.29, 1.82) is 0 Å². The van der Waals surface area contributed by atoms with E-state index in [1.807, 2.05) is 36.4 Å². The van der Waals surface area contributed by atoms with Gasteiger partial charge >= 0.3 is 0 Å². The highest BCUT2D eigenvalue weighted by atomic mass is 32.1. The molecule has 0 radical (unpaired) electrons. The zero-order chi connectivity index (χ0) is 58.8. The molecule has 4 aromatic heterocycles. The number of rotatable bonds is 6. The SMILES string of the molecule is [2H]c1c([2H])c([2H])c(-c2c([2H])c([2H])c3c4c([2H])c([2H])c([2H])c([2H])c4n(-c4nc(-c5ccc(-c6cccc(-c7ccc8c(c7)sc7ccccc78)c6)cc5)nc(-n5c6c([2H])c([2H])c([2H])c([2H])c6c6c([2H])c([2H])c([2H])c([2H])c65)n4)c3c2[2H])c([2H])c1[2H]. The molecule has 0 fully saturated rings. The van der Waals surface area contributed by atoms with Crippen LogP contribution in [0, 0.1) is 0 Å². The summed E-state index contributed by atoms with van der Waals surface area (Å²) in [6, 6.07) is 14.3. The van der Waals surface area contributed by atoms with E-state index in [9.17, 15) is 9.60 Å². The fourth-order valence-electron chi connectivity index (χ4n) is 8.11. The highest BCUT2D eigenvalue weighted by molar-refractivity contribution is 7.25. The van der Waals surface area contributed by atoms with Gasteiger partial charge in [-0.15, -0.1) is 11.3 Å². The summed E-state index contributed by atoms with van der Waals surface area (Å²) in [6.07, 6.45) is 0. The normalized spacial score (nSPS) is 16.3. The predicted octanol–water partition coefficient (Wildman–Crippen LogP) is 15.1. The minimum atomic E-state index is -0.822. The van der Waals surface area contributed by atoms with Crippen molar-refractivity contribution in [2.45, 2.75) is 0 Å². The van der Waals surface area contributed by atoms with Crippen LogP contribution in [-0.4, -0.2) is 24.1 Å². The van der Waals surface area contributed by atoms with Gasteiger partial charge in [0.25, 0.3) is 0 Å². The molecule has 13 rings (SSSR count). The van der Waals surface area contributed by atoms with Crippen LogP contribution >= 0.6 is 11.3 Å². The topological polar surface area (TPSA) is 48.5 Å². The average Bonchev–Trinajstić information content (AvgIpc) is 1.93. The van der Waals surface area contributed by atoms with Crippen LogP contribution in [0.25, 0.3) is 120 Å². The lowest BCUT2D eigenvalue weighted by atomic mass is 9.98.